The third-order valence-corrected chi connectivity index (χ3v) is 3.39. The van der Waals surface area contributed by atoms with Crippen LogP contribution >= 0.6 is 0 Å². The molecule has 0 atom stereocenters. The number of carbonyl (C=O) groups excluding carboxylic acids is 1. The van der Waals surface area contributed by atoms with Crippen LogP contribution < -0.4 is 5.32 Å². The highest BCUT2D eigenvalue weighted by Crippen LogP contribution is 2.34. The van der Waals surface area contributed by atoms with Crippen molar-refractivity contribution in [3.05, 3.63) is 46.8 Å². The molecule has 2 rings (SSSR count). The average molecular weight is 311 g/mol. The molecule has 0 unspecified atom stereocenters. The van der Waals surface area contributed by atoms with Crippen molar-refractivity contribution in [2.45, 2.75) is 33.5 Å². The molecule has 0 aliphatic rings. The number of amides is 1. The Morgan fingerprint density at radius 1 is 1.27 bits per heavy atom. The molecule has 0 bridgehead atoms. The molecular formula is C15H16F3N3O. The number of nitrogens with zero attached hydrogens (tertiary/aromatic N) is 2. The third kappa shape index (κ3) is 2.98. The number of rotatable bonds is 3. The Morgan fingerprint density at radius 3 is 2.45 bits per heavy atom. The summed E-state index contributed by atoms with van der Waals surface area (Å²) in [6.45, 7) is 5.83. The molecular weight excluding hydrogens is 295 g/mol. The second-order valence-corrected chi connectivity index (χ2v) is 4.86. The first-order valence-electron chi connectivity index (χ1n) is 6.77. The first-order valence-corrected chi connectivity index (χ1v) is 6.77. The van der Waals surface area contributed by atoms with Gasteiger partial charge >= 0.3 is 6.18 Å². The lowest BCUT2D eigenvalue weighted by Gasteiger charge is -2.13. The van der Waals surface area contributed by atoms with E-state index in [1.807, 2.05) is 6.92 Å². The molecule has 1 aromatic carbocycles. The number of para-hydroxylation sites is 1. The fraction of sp³-hybridized carbons (Fsp3) is 0.333. The summed E-state index contributed by atoms with van der Waals surface area (Å²) in [5.74, 6) is -0.591. The highest BCUT2D eigenvalue weighted by molar-refractivity contribution is 6.06. The third-order valence-electron chi connectivity index (χ3n) is 3.39. The van der Waals surface area contributed by atoms with Crippen LogP contribution in [0.25, 0.3) is 0 Å². The number of hydrogen-bond donors (Lipinski definition) is 1. The number of anilines is 1. The largest absolute Gasteiger partial charge is 0.418 e. The van der Waals surface area contributed by atoms with E-state index in [4.69, 9.17) is 0 Å². The summed E-state index contributed by atoms with van der Waals surface area (Å²) in [4.78, 5) is 12.3. The van der Waals surface area contributed by atoms with Crippen molar-refractivity contribution < 1.29 is 18.0 Å². The predicted octanol–water partition coefficient (Wildman–Crippen LogP) is 3.79. The van der Waals surface area contributed by atoms with E-state index < -0.39 is 17.6 Å². The zero-order valence-electron chi connectivity index (χ0n) is 12.5. The number of carbonyl (C=O) groups is 1. The van der Waals surface area contributed by atoms with Crippen molar-refractivity contribution in [2.75, 3.05) is 5.32 Å². The van der Waals surface area contributed by atoms with E-state index in [0.29, 0.717) is 23.5 Å². The summed E-state index contributed by atoms with van der Waals surface area (Å²) < 4.78 is 40.5. The minimum Gasteiger partial charge on any atom is -0.321 e. The zero-order chi connectivity index (χ0) is 16.5. The summed E-state index contributed by atoms with van der Waals surface area (Å²) in [7, 11) is 0. The van der Waals surface area contributed by atoms with E-state index >= 15 is 0 Å². The van der Waals surface area contributed by atoms with Gasteiger partial charge in [-0.15, -0.1) is 0 Å². The van der Waals surface area contributed by atoms with Crippen LogP contribution in [0.3, 0.4) is 0 Å². The Balaban J connectivity index is 2.37. The Morgan fingerprint density at radius 2 is 1.91 bits per heavy atom. The van der Waals surface area contributed by atoms with E-state index in [9.17, 15) is 18.0 Å². The number of aryl methyl sites for hydroxylation is 2. The van der Waals surface area contributed by atoms with Crippen molar-refractivity contribution in [2.24, 2.45) is 0 Å². The number of nitrogens with one attached hydrogen (secondary N) is 1. The maximum atomic E-state index is 13.0. The smallest absolute Gasteiger partial charge is 0.321 e. The maximum absolute atomic E-state index is 13.0. The van der Waals surface area contributed by atoms with Gasteiger partial charge in [0.1, 0.15) is 0 Å². The number of hydrogen-bond acceptors (Lipinski definition) is 2. The van der Waals surface area contributed by atoms with Crippen LogP contribution in [0.1, 0.15) is 34.2 Å². The van der Waals surface area contributed by atoms with E-state index in [-0.39, 0.29) is 5.69 Å². The van der Waals surface area contributed by atoms with Crippen molar-refractivity contribution in [1.29, 1.82) is 0 Å². The Labute approximate surface area is 125 Å². The van der Waals surface area contributed by atoms with Crippen molar-refractivity contribution >= 4 is 11.6 Å². The van der Waals surface area contributed by atoms with Gasteiger partial charge in [-0.05, 0) is 32.9 Å². The standard InChI is InChI=1S/C15H16F3N3O/c1-4-21-10(3)13(9(2)20-21)14(22)19-12-8-6-5-7-11(12)15(16,17)18/h5-8H,4H2,1-3H3,(H,19,22). The zero-order valence-corrected chi connectivity index (χ0v) is 12.5. The summed E-state index contributed by atoms with van der Waals surface area (Å²) in [5, 5.41) is 6.54. The van der Waals surface area contributed by atoms with E-state index in [1.165, 1.54) is 18.2 Å². The van der Waals surface area contributed by atoms with Crippen LogP contribution in [-0.2, 0) is 12.7 Å². The molecule has 0 fully saturated rings. The monoisotopic (exact) mass is 311 g/mol. The van der Waals surface area contributed by atoms with Crippen LogP contribution in [0.4, 0.5) is 18.9 Å². The fourth-order valence-electron chi connectivity index (χ4n) is 2.36. The number of aromatic nitrogens is 2. The lowest BCUT2D eigenvalue weighted by molar-refractivity contribution is -0.136. The summed E-state index contributed by atoms with van der Waals surface area (Å²) >= 11 is 0. The number of benzene rings is 1. The van der Waals surface area contributed by atoms with Gasteiger partial charge < -0.3 is 5.32 Å². The summed E-state index contributed by atoms with van der Waals surface area (Å²) in [5.41, 5.74) is 0.284. The Bertz CT molecular complexity index is 705. The van der Waals surface area contributed by atoms with Gasteiger partial charge in [-0.3, -0.25) is 9.48 Å². The molecule has 0 saturated carbocycles. The minimum atomic E-state index is -4.53. The van der Waals surface area contributed by atoms with Crippen molar-refractivity contribution in [1.82, 2.24) is 9.78 Å². The Hall–Kier alpha value is -2.31. The molecule has 1 amide bonds. The fourth-order valence-corrected chi connectivity index (χ4v) is 2.36. The van der Waals surface area contributed by atoms with Gasteiger partial charge in [0.25, 0.3) is 5.91 Å². The lowest BCUT2D eigenvalue weighted by atomic mass is 10.1. The molecule has 7 heteroatoms. The Kier molecular flexibility index (Phi) is 4.25. The highest BCUT2D eigenvalue weighted by Gasteiger charge is 2.34. The quantitative estimate of drug-likeness (QED) is 0.937. The maximum Gasteiger partial charge on any atom is 0.418 e. The molecule has 1 heterocycles. The highest BCUT2D eigenvalue weighted by atomic mass is 19.4. The van der Waals surface area contributed by atoms with Crippen molar-refractivity contribution in [3.63, 3.8) is 0 Å². The van der Waals surface area contributed by atoms with Gasteiger partial charge in [-0.1, -0.05) is 12.1 Å². The molecule has 22 heavy (non-hydrogen) atoms. The predicted molar refractivity (Wildman–Crippen MR) is 76.8 cm³/mol. The molecule has 118 valence electrons. The van der Waals surface area contributed by atoms with Gasteiger partial charge in [-0.25, -0.2) is 0 Å². The first-order chi connectivity index (χ1) is 10.3. The normalized spacial score (nSPS) is 11.5. The SMILES string of the molecule is CCn1nc(C)c(C(=O)Nc2ccccc2C(F)(F)F)c1C. The molecule has 4 nitrogen and oxygen atoms in total. The molecule has 0 spiro atoms. The molecule has 0 aliphatic heterocycles. The topological polar surface area (TPSA) is 46.9 Å². The molecule has 2 aromatic rings. The van der Waals surface area contributed by atoms with Crippen LogP contribution in [0.2, 0.25) is 0 Å². The van der Waals surface area contributed by atoms with Crippen LogP contribution in [-0.4, -0.2) is 15.7 Å². The van der Waals surface area contributed by atoms with E-state index in [2.05, 4.69) is 10.4 Å². The molecule has 1 aromatic heterocycles. The van der Waals surface area contributed by atoms with Gasteiger partial charge in [0, 0.05) is 12.2 Å². The number of halogens is 3. The minimum absolute atomic E-state index is 0.261. The van der Waals surface area contributed by atoms with Crippen LogP contribution in [0, 0.1) is 13.8 Å². The molecule has 1 N–H and O–H groups in total. The van der Waals surface area contributed by atoms with Gasteiger partial charge in [0.2, 0.25) is 0 Å². The summed E-state index contributed by atoms with van der Waals surface area (Å²) in [6.07, 6.45) is -4.53. The lowest BCUT2D eigenvalue weighted by Crippen LogP contribution is -2.18. The van der Waals surface area contributed by atoms with E-state index in [1.54, 1.807) is 18.5 Å². The second-order valence-electron chi connectivity index (χ2n) is 4.86. The molecule has 0 saturated heterocycles. The van der Waals surface area contributed by atoms with E-state index in [0.717, 1.165) is 6.07 Å². The average Bonchev–Trinajstić information content (AvgIpc) is 2.72. The van der Waals surface area contributed by atoms with Gasteiger partial charge in [0.15, 0.2) is 0 Å². The van der Waals surface area contributed by atoms with Gasteiger partial charge in [-0.2, -0.15) is 18.3 Å². The summed E-state index contributed by atoms with van der Waals surface area (Å²) in [6, 6.07) is 4.89. The number of alkyl halides is 3. The second kappa shape index (κ2) is 5.82. The van der Waals surface area contributed by atoms with Crippen LogP contribution in [0.5, 0.6) is 0 Å². The first kappa shape index (κ1) is 16.1. The molecule has 0 radical (unpaired) electrons. The van der Waals surface area contributed by atoms with Gasteiger partial charge in [0.05, 0.1) is 22.5 Å². The van der Waals surface area contributed by atoms with Crippen LogP contribution in [0.15, 0.2) is 24.3 Å². The molecule has 0 aliphatic carbocycles. The van der Waals surface area contributed by atoms with Crippen molar-refractivity contribution in [3.8, 4) is 0 Å².